The fourth-order valence-corrected chi connectivity index (χ4v) is 2.96. The smallest absolute Gasteiger partial charge is 0.240 e. The molecule has 3 rings (SSSR count). The highest BCUT2D eigenvalue weighted by atomic mass is 35.5. The third-order valence-corrected chi connectivity index (χ3v) is 5.00. The molecule has 0 radical (unpaired) electrons. The summed E-state index contributed by atoms with van der Waals surface area (Å²) in [5.41, 5.74) is 7.78. The van der Waals surface area contributed by atoms with Crippen molar-refractivity contribution >= 4 is 30.7 Å². The Labute approximate surface area is 157 Å². The van der Waals surface area contributed by atoms with E-state index in [1.807, 2.05) is 0 Å². The largest absolute Gasteiger partial charge is 0.350 e. The van der Waals surface area contributed by atoms with Gasteiger partial charge in [0.1, 0.15) is 0 Å². The second kappa shape index (κ2) is 9.04. The van der Waals surface area contributed by atoms with Crippen molar-refractivity contribution < 1.29 is 4.79 Å². The molecule has 6 heteroatoms. The van der Waals surface area contributed by atoms with Gasteiger partial charge < -0.3 is 11.1 Å². The average molecular weight is 374 g/mol. The Morgan fingerprint density at radius 2 is 1.71 bits per heavy atom. The van der Waals surface area contributed by atoms with Gasteiger partial charge in [-0.1, -0.05) is 31.2 Å². The van der Waals surface area contributed by atoms with E-state index in [-0.39, 0.29) is 30.7 Å². The number of amides is 1. The van der Waals surface area contributed by atoms with E-state index >= 15 is 0 Å². The van der Waals surface area contributed by atoms with Crippen LogP contribution in [0, 0.1) is 5.92 Å². The second-order valence-corrected chi connectivity index (χ2v) is 7.11. The summed E-state index contributed by atoms with van der Waals surface area (Å²) in [7, 11) is 0. The van der Waals surface area contributed by atoms with Crippen LogP contribution in [-0.4, -0.2) is 29.4 Å². The highest BCUT2D eigenvalue weighted by Crippen LogP contribution is 2.32. The van der Waals surface area contributed by atoms with Crippen molar-refractivity contribution in [3.8, 4) is 0 Å². The minimum atomic E-state index is -0.578. The van der Waals surface area contributed by atoms with Gasteiger partial charge in [0.15, 0.2) is 0 Å². The highest BCUT2D eigenvalue weighted by Gasteiger charge is 2.45. The van der Waals surface area contributed by atoms with E-state index < -0.39 is 5.54 Å². The SMILES string of the molecule is CC1CCN(Cc2ccc(CNC(=O)C3(N)CC3)cc2)CC1.Cl.Cl. The number of rotatable bonds is 5. The lowest BCUT2D eigenvalue weighted by Gasteiger charge is -2.30. The molecule has 1 saturated heterocycles. The molecule has 0 bridgehead atoms. The summed E-state index contributed by atoms with van der Waals surface area (Å²) in [6.07, 6.45) is 4.24. The van der Waals surface area contributed by atoms with Gasteiger partial charge in [0.05, 0.1) is 5.54 Å². The van der Waals surface area contributed by atoms with E-state index in [2.05, 4.69) is 41.4 Å². The summed E-state index contributed by atoms with van der Waals surface area (Å²) in [6.45, 7) is 6.35. The lowest BCUT2D eigenvalue weighted by Crippen LogP contribution is -2.42. The Morgan fingerprint density at radius 1 is 1.17 bits per heavy atom. The van der Waals surface area contributed by atoms with Crippen molar-refractivity contribution in [2.24, 2.45) is 11.7 Å². The molecular formula is C18H29Cl2N3O. The van der Waals surface area contributed by atoms with Gasteiger partial charge in [-0.25, -0.2) is 0 Å². The van der Waals surface area contributed by atoms with E-state index in [4.69, 9.17) is 5.73 Å². The Kier molecular flexibility index (Phi) is 8.00. The monoisotopic (exact) mass is 373 g/mol. The average Bonchev–Trinajstić information content (AvgIpc) is 3.28. The number of piperidine rings is 1. The number of nitrogens with zero attached hydrogens (tertiary/aromatic N) is 1. The predicted octanol–water partition coefficient (Wildman–Crippen LogP) is 2.87. The summed E-state index contributed by atoms with van der Waals surface area (Å²) in [6, 6.07) is 8.57. The predicted molar refractivity (Wildman–Crippen MR) is 103 cm³/mol. The number of halogens is 2. The van der Waals surface area contributed by atoms with Gasteiger partial charge in [-0.05, 0) is 55.8 Å². The number of benzene rings is 1. The van der Waals surface area contributed by atoms with Crippen molar-refractivity contribution in [3.63, 3.8) is 0 Å². The molecule has 2 aliphatic rings. The molecule has 1 aromatic rings. The van der Waals surface area contributed by atoms with Gasteiger partial charge >= 0.3 is 0 Å². The zero-order chi connectivity index (χ0) is 15.6. The molecule has 1 heterocycles. The molecular weight excluding hydrogens is 345 g/mol. The molecule has 0 aromatic heterocycles. The minimum absolute atomic E-state index is 0. The van der Waals surface area contributed by atoms with Crippen LogP contribution in [0.5, 0.6) is 0 Å². The van der Waals surface area contributed by atoms with Gasteiger partial charge in [0.25, 0.3) is 0 Å². The molecule has 3 N–H and O–H groups in total. The molecule has 0 atom stereocenters. The number of hydrogen-bond donors (Lipinski definition) is 2. The zero-order valence-corrected chi connectivity index (χ0v) is 15.9. The number of carbonyl (C=O) groups is 1. The maximum atomic E-state index is 11.8. The number of nitrogens with one attached hydrogen (secondary N) is 1. The fraction of sp³-hybridized carbons (Fsp3) is 0.611. The molecule has 2 fully saturated rings. The lowest BCUT2D eigenvalue weighted by atomic mass is 9.99. The normalized spacial score (nSPS) is 19.8. The van der Waals surface area contributed by atoms with Crippen molar-refractivity contribution in [1.29, 1.82) is 0 Å². The van der Waals surface area contributed by atoms with Gasteiger partial charge in [-0.3, -0.25) is 9.69 Å². The minimum Gasteiger partial charge on any atom is -0.350 e. The van der Waals surface area contributed by atoms with Crippen LogP contribution < -0.4 is 11.1 Å². The highest BCUT2D eigenvalue weighted by molar-refractivity contribution is 5.88. The zero-order valence-electron chi connectivity index (χ0n) is 14.3. The van der Waals surface area contributed by atoms with Crippen LogP contribution in [0.4, 0.5) is 0 Å². The molecule has 4 nitrogen and oxygen atoms in total. The van der Waals surface area contributed by atoms with Gasteiger partial charge in [0, 0.05) is 13.1 Å². The topological polar surface area (TPSA) is 58.4 Å². The first kappa shape index (κ1) is 21.2. The molecule has 1 saturated carbocycles. The van der Waals surface area contributed by atoms with Crippen molar-refractivity contribution in [1.82, 2.24) is 10.2 Å². The Bertz CT molecular complexity index is 524. The summed E-state index contributed by atoms with van der Waals surface area (Å²) < 4.78 is 0. The van der Waals surface area contributed by atoms with Crippen LogP contribution in [0.2, 0.25) is 0 Å². The third-order valence-electron chi connectivity index (χ3n) is 5.00. The quantitative estimate of drug-likeness (QED) is 0.833. The van der Waals surface area contributed by atoms with Crippen LogP contribution in [0.15, 0.2) is 24.3 Å². The van der Waals surface area contributed by atoms with Crippen LogP contribution in [0.3, 0.4) is 0 Å². The lowest BCUT2D eigenvalue weighted by molar-refractivity contribution is -0.123. The summed E-state index contributed by atoms with van der Waals surface area (Å²) in [4.78, 5) is 14.3. The summed E-state index contributed by atoms with van der Waals surface area (Å²) >= 11 is 0. The maximum absolute atomic E-state index is 11.8. The summed E-state index contributed by atoms with van der Waals surface area (Å²) in [5.74, 6) is 0.860. The molecule has 136 valence electrons. The van der Waals surface area contributed by atoms with Crippen LogP contribution in [0.1, 0.15) is 43.7 Å². The molecule has 0 unspecified atom stereocenters. The molecule has 24 heavy (non-hydrogen) atoms. The Hall–Kier alpha value is -0.810. The van der Waals surface area contributed by atoms with Gasteiger partial charge in [-0.15, -0.1) is 24.8 Å². The third kappa shape index (κ3) is 5.62. The van der Waals surface area contributed by atoms with Crippen LogP contribution in [0.25, 0.3) is 0 Å². The molecule has 1 aromatic carbocycles. The first-order valence-electron chi connectivity index (χ1n) is 8.42. The molecule has 1 aliphatic carbocycles. The number of hydrogen-bond acceptors (Lipinski definition) is 3. The second-order valence-electron chi connectivity index (χ2n) is 7.11. The number of nitrogens with two attached hydrogens (primary N) is 1. The van der Waals surface area contributed by atoms with Crippen molar-refractivity contribution in [2.45, 2.75) is 51.2 Å². The van der Waals surface area contributed by atoms with Crippen LogP contribution in [-0.2, 0) is 17.9 Å². The Balaban J connectivity index is 0.00000144. The molecule has 1 aliphatic heterocycles. The summed E-state index contributed by atoms with van der Waals surface area (Å²) in [5, 5.41) is 2.93. The van der Waals surface area contributed by atoms with E-state index in [0.717, 1.165) is 30.9 Å². The maximum Gasteiger partial charge on any atom is 0.240 e. The standard InChI is InChI=1S/C18H27N3O.2ClH/c1-14-6-10-21(11-7-14)13-16-4-2-15(3-5-16)12-20-17(22)18(19)8-9-18;;/h2-5,14H,6-13,19H2,1H3,(H,20,22);2*1H. The van der Waals surface area contributed by atoms with Gasteiger partial charge in [-0.2, -0.15) is 0 Å². The van der Waals surface area contributed by atoms with Crippen LogP contribution >= 0.6 is 24.8 Å². The first-order valence-corrected chi connectivity index (χ1v) is 8.42. The van der Waals surface area contributed by atoms with E-state index in [1.165, 1.54) is 31.5 Å². The van der Waals surface area contributed by atoms with Crippen molar-refractivity contribution in [3.05, 3.63) is 35.4 Å². The van der Waals surface area contributed by atoms with Gasteiger partial charge in [0.2, 0.25) is 5.91 Å². The van der Waals surface area contributed by atoms with E-state index in [9.17, 15) is 4.79 Å². The number of carbonyl (C=O) groups excluding carboxylic acids is 1. The van der Waals surface area contributed by atoms with Crippen molar-refractivity contribution in [2.75, 3.05) is 13.1 Å². The van der Waals surface area contributed by atoms with E-state index in [1.54, 1.807) is 0 Å². The number of likely N-dealkylation sites (tertiary alicyclic amines) is 1. The molecule has 0 spiro atoms. The fourth-order valence-electron chi connectivity index (χ4n) is 2.96. The molecule has 1 amide bonds. The Morgan fingerprint density at radius 3 is 2.25 bits per heavy atom. The first-order chi connectivity index (χ1) is 10.5. The van der Waals surface area contributed by atoms with E-state index in [0.29, 0.717) is 6.54 Å².